The van der Waals surface area contributed by atoms with Gasteiger partial charge in [-0.2, -0.15) is 5.10 Å². The predicted molar refractivity (Wildman–Crippen MR) is 108 cm³/mol. The zero-order chi connectivity index (χ0) is 18.3. The van der Waals surface area contributed by atoms with Crippen LogP contribution in [0.15, 0.2) is 47.4 Å². The molecule has 0 atom stereocenters. The summed E-state index contributed by atoms with van der Waals surface area (Å²) in [5, 5.41) is 5.02. The first-order chi connectivity index (χ1) is 12.6. The highest BCUT2D eigenvalue weighted by Gasteiger charge is 2.13. The summed E-state index contributed by atoms with van der Waals surface area (Å²) >= 11 is 7.01. The number of H-pyrrole nitrogens is 1. The van der Waals surface area contributed by atoms with E-state index in [2.05, 4.69) is 10.1 Å². The highest BCUT2D eigenvalue weighted by atomic mass is 32.1. The molecule has 5 nitrogen and oxygen atoms in total. The molecule has 4 aromatic rings. The lowest BCUT2D eigenvalue weighted by Gasteiger charge is -2.06. The summed E-state index contributed by atoms with van der Waals surface area (Å²) in [6.45, 7) is 5.29. The van der Waals surface area contributed by atoms with Gasteiger partial charge in [0, 0.05) is 22.7 Å². The average molecular weight is 383 g/mol. The summed E-state index contributed by atoms with van der Waals surface area (Å²) in [4.78, 5) is 18.1. The van der Waals surface area contributed by atoms with E-state index in [9.17, 15) is 4.79 Å². The summed E-state index contributed by atoms with van der Waals surface area (Å²) in [6.07, 6.45) is 1.81. The molecule has 0 saturated carbocycles. The second-order valence-electron chi connectivity index (χ2n) is 6.11. The van der Waals surface area contributed by atoms with Gasteiger partial charge in [-0.05, 0) is 37.7 Å². The van der Waals surface area contributed by atoms with Gasteiger partial charge in [0.1, 0.15) is 4.83 Å². The van der Waals surface area contributed by atoms with Crippen molar-refractivity contribution in [3.8, 4) is 10.4 Å². The molecule has 0 unspecified atom stereocenters. The minimum absolute atomic E-state index is 0.0640. The standard InChI is InChI=1S/C19H18N4OS2/c1-3-23-12(2)14(10-20-23)11-22-18(24)15-9-16(13-7-5-4-6-8-13)26-17(15)21-19(22)25/h4-10H,3,11H2,1-2H3,(H,21,25). The van der Waals surface area contributed by atoms with Crippen LogP contribution in [0.2, 0.25) is 0 Å². The van der Waals surface area contributed by atoms with Crippen molar-refractivity contribution >= 4 is 33.8 Å². The molecule has 0 saturated heterocycles. The van der Waals surface area contributed by atoms with Crippen molar-refractivity contribution in [2.75, 3.05) is 0 Å². The van der Waals surface area contributed by atoms with E-state index in [0.29, 0.717) is 16.7 Å². The highest BCUT2D eigenvalue weighted by molar-refractivity contribution is 7.71. The Morgan fingerprint density at radius 1 is 1.27 bits per heavy atom. The first-order valence-electron chi connectivity index (χ1n) is 8.42. The monoisotopic (exact) mass is 382 g/mol. The van der Waals surface area contributed by atoms with E-state index in [1.165, 1.54) is 0 Å². The van der Waals surface area contributed by atoms with Crippen LogP contribution in [0.4, 0.5) is 0 Å². The van der Waals surface area contributed by atoms with E-state index in [0.717, 1.165) is 33.1 Å². The van der Waals surface area contributed by atoms with Gasteiger partial charge < -0.3 is 4.98 Å². The van der Waals surface area contributed by atoms with E-state index in [1.54, 1.807) is 15.9 Å². The molecule has 3 heterocycles. The molecule has 0 fully saturated rings. The van der Waals surface area contributed by atoms with Crippen LogP contribution in [-0.4, -0.2) is 19.3 Å². The number of aryl methyl sites for hydroxylation is 1. The number of aromatic nitrogens is 4. The lowest BCUT2D eigenvalue weighted by Crippen LogP contribution is -2.22. The summed E-state index contributed by atoms with van der Waals surface area (Å²) in [7, 11) is 0. The van der Waals surface area contributed by atoms with E-state index in [1.807, 2.05) is 61.1 Å². The second-order valence-corrected chi connectivity index (χ2v) is 7.55. The molecule has 0 aliphatic heterocycles. The Bertz CT molecular complexity index is 1200. The number of nitrogens with one attached hydrogen (secondary N) is 1. The van der Waals surface area contributed by atoms with Crippen molar-refractivity contribution < 1.29 is 0 Å². The fourth-order valence-corrected chi connectivity index (χ4v) is 4.43. The van der Waals surface area contributed by atoms with Gasteiger partial charge in [0.2, 0.25) is 0 Å². The first-order valence-corrected chi connectivity index (χ1v) is 9.64. The maximum Gasteiger partial charge on any atom is 0.263 e. The van der Waals surface area contributed by atoms with Crippen molar-refractivity contribution in [3.05, 3.63) is 69.0 Å². The largest absolute Gasteiger partial charge is 0.323 e. The summed E-state index contributed by atoms with van der Waals surface area (Å²) < 4.78 is 3.97. The third-order valence-corrected chi connectivity index (χ3v) is 5.99. The molecule has 0 aliphatic carbocycles. The van der Waals surface area contributed by atoms with Gasteiger partial charge in [-0.3, -0.25) is 14.0 Å². The lowest BCUT2D eigenvalue weighted by molar-refractivity contribution is 0.635. The van der Waals surface area contributed by atoms with E-state index >= 15 is 0 Å². The van der Waals surface area contributed by atoms with Crippen molar-refractivity contribution in [1.82, 2.24) is 19.3 Å². The molecule has 1 N–H and O–H groups in total. The molecule has 3 aromatic heterocycles. The smallest absolute Gasteiger partial charge is 0.263 e. The molecule has 0 bridgehead atoms. The molecule has 0 amide bonds. The van der Waals surface area contributed by atoms with Gasteiger partial charge in [0.15, 0.2) is 4.77 Å². The maximum atomic E-state index is 13.0. The molecular formula is C19H18N4OS2. The van der Waals surface area contributed by atoms with Crippen LogP contribution in [0, 0.1) is 11.7 Å². The number of hydrogen-bond donors (Lipinski definition) is 1. The maximum absolute atomic E-state index is 13.0. The normalized spacial score (nSPS) is 11.3. The van der Waals surface area contributed by atoms with Crippen molar-refractivity contribution in [2.24, 2.45) is 0 Å². The molecule has 0 spiro atoms. The fraction of sp³-hybridized carbons (Fsp3) is 0.211. The SMILES string of the molecule is CCn1ncc(Cn2c(=S)[nH]c3sc(-c4ccccc4)cc3c2=O)c1C. The second kappa shape index (κ2) is 6.66. The molecular weight excluding hydrogens is 364 g/mol. The number of benzene rings is 1. The van der Waals surface area contributed by atoms with Gasteiger partial charge in [-0.25, -0.2) is 0 Å². The molecule has 132 valence electrons. The predicted octanol–water partition coefficient (Wildman–Crippen LogP) is 4.36. The van der Waals surface area contributed by atoms with Crippen LogP contribution in [0.1, 0.15) is 18.2 Å². The minimum Gasteiger partial charge on any atom is -0.323 e. The third kappa shape index (κ3) is 2.83. The fourth-order valence-electron chi connectivity index (χ4n) is 3.06. The first kappa shape index (κ1) is 16.9. The summed E-state index contributed by atoms with van der Waals surface area (Å²) in [6, 6.07) is 12.0. The van der Waals surface area contributed by atoms with Crippen LogP contribution < -0.4 is 5.56 Å². The number of hydrogen-bond acceptors (Lipinski definition) is 4. The van der Waals surface area contributed by atoms with Crippen LogP contribution in [0.5, 0.6) is 0 Å². The zero-order valence-electron chi connectivity index (χ0n) is 14.5. The van der Waals surface area contributed by atoms with Gasteiger partial charge in [0.25, 0.3) is 5.56 Å². The molecule has 4 rings (SSSR count). The van der Waals surface area contributed by atoms with Gasteiger partial charge in [-0.15, -0.1) is 11.3 Å². The van der Waals surface area contributed by atoms with E-state index in [-0.39, 0.29) is 5.56 Å². The van der Waals surface area contributed by atoms with Gasteiger partial charge >= 0.3 is 0 Å². The Hall–Kier alpha value is -2.51. The quantitative estimate of drug-likeness (QED) is 0.534. The van der Waals surface area contributed by atoms with E-state index < -0.39 is 0 Å². The number of rotatable bonds is 4. The lowest BCUT2D eigenvalue weighted by atomic mass is 10.2. The Kier molecular flexibility index (Phi) is 4.34. The van der Waals surface area contributed by atoms with Gasteiger partial charge in [0.05, 0.1) is 18.1 Å². The van der Waals surface area contributed by atoms with Crippen molar-refractivity contribution in [3.63, 3.8) is 0 Å². The summed E-state index contributed by atoms with van der Waals surface area (Å²) in [5.41, 5.74) is 3.10. The Balaban J connectivity index is 1.82. The van der Waals surface area contributed by atoms with Gasteiger partial charge in [-0.1, -0.05) is 30.3 Å². The van der Waals surface area contributed by atoms with Crippen LogP contribution in [0.25, 0.3) is 20.7 Å². The highest BCUT2D eigenvalue weighted by Crippen LogP contribution is 2.30. The zero-order valence-corrected chi connectivity index (χ0v) is 16.2. The Morgan fingerprint density at radius 3 is 2.73 bits per heavy atom. The average Bonchev–Trinajstić information content (AvgIpc) is 3.23. The topological polar surface area (TPSA) is 55.6 Å². The van der Waals surface area contributed by atoms with Crippen LogP contribution in [0.3, 0.4) is 0 Å². The number of aromatic amines is 1. The Labute approximate surface area is 159 Å². The molecule has 26 heavy (non-hydrogen) atoms. The third-order valence-electron chi connectivity index (χ3n) is 4.56. The van der Waals surface area contributed by atoms with Crippen LogP contribution in [-0.2, 0) is 13.1 Å². The minimum atomic E-state index is -0.0640. The van der Waals surface area contributed by atoms with E-state index in [4.69, 9.17) is 12.2 Å². The molecule has 7 heteroatoms. The molecule has 0 radical (unpaired) electrons. The molecule has 0 aliphatic rings. The number of thiophene rings is 1. The number of nitrogens with zero attached hydrogens (tertiary/aromatic N) is 3. The summed E-state index contributed by atoms with van der Waals surface area (Å²) in [5.74, 6) is 0. The Morgan fingerprint density at radius 2 is 2.04 bits per heavy atom. The number of fused-ring (bicyclic) bond motifs is 1. The van der Waals surface area contributed by atoms with Crippen molar-refractivity contribution in [2.45, 2.75) is 26.9 Å². The van der Waals surface area contributed by atoms with Crippen molar-refractivity contribution in [1.29, 1.82) is 0 Å². The van der Waals surface area contributed by atoms with Crippen LogP contribution >= 0.6 is 23.6 Å². The molecule has 1 aromatic carbocycles.